The Bertz CT molecular complexity index is 990. The van der Waals surface area contributed by atoms with Crippen LogP contribution in [0.2, 0.25) is 0 Å². The summed E-state index contributed by atoms with van der Waals surface area (Å²) < 4.78 is 0. The van der Waals surface area contributed by atoms with Gasteiger partial charge in [0.2, 0.25) is 0 Å². The van der Waals surface area contributed by atoms with Gasteiger partial charge in [-0.2, -0.15) is 5.10 Å². The van der Waals surface area contributed by atoms with E-state index in [0.717, 1.165) is 45.7 Å². The van der Waals surface area contributed by atoms with Crippen LogP contribution in [0.15, 0.2) is 59.7 Å². The van der Waals surface area contributed by atoms with Gasteiger partial charge in [0, 0.05) is 56.2 Å². The molecule has 1 amide bonds. The van der Waals surface area contributed by atoms with E-state index in [1.807, 2.05) is 24.3 Å². The third-order valence-corrected chi connectivity index (χ3v) is 7.35. The van der Waals surface area contributed by atoms with Crippen molar-refractivity contribution in [1.82, 2.24) is 15.2 Å². The molecular formula is C27H34N4O. The molecule has 2 aromatic rings. The first-order valence-corrected chi connectivity index (χ1v) is 11.8. The number of hydrazone groups is 1. The zero-order valence-electron chi connectivity index (χ0n) is 19.5. The minimum absolute atomic E-state index is 0.0393. The van der Waals surface area contributed by atoms with Crippen LogP contribution in [0.3, 0.4) is 0 Å². The molecular weight excluding hydrogens is 396 g/mol. The first kappa shape index (κ1) is 21.4. The summed E-state index contributed by atoms with van der Waals surface area (Å²) >= 11 is 0. The van der Waals surface area contributed by atoms with Crippen LogP contribution >= 0.6 is 0 Å². The molecule has 1 N–H and O–H groups in total. The number of nitrogens with one attached hydrogen (secondary N) is 1. The number of rotatable bonds is 4. The molecule has 0 aromatic heterocycles. The molecule has 168 valence electrons. The predicted molar refractivity (Wildman–Crippen MR) is 129 cm³/mol. The Morgan fingerprint density at radius 2 is 1.62 bits per heavy atom. The van der Waals surface area contributed by atoms with Crippen molar-refractivity contribution < 1.29 is 4.79 Å². The van der Waals surface area contributed by atoms with E-state index in [9.17, 15) is 4.79 Å². The van der Waals surface area contributed by atoms with Crippen LogP contribution < -0.4 is 5.43 Å². The third kappa shape index (κ3) is 4.12. The zero-order chi connectivity index (χ0) is 22.3. The van der Waals surface area contributed by atoms with Crippen LogP contribution in [0.1, 0.15) is 42.3 Å². The molecule has 4 fully saturated rings. The predicted octanol–water partition coefficient (Wildman–Crippen LogP) is 3.56. The molecule has 4 heterocycles. The van der Waals surface area contributed by atoms with E-state index in [0.29, 0.717) is 11.5 Å². The van der Waals surface area contributed by atoms with Gasteiger partial charge in [0.25, 0.3) is 5.91 Å². The topological polar surface area (TPSA) is 47.9 Å². The number of hydrogen-bond acceptors (Lipinski definition) is 4. The SMILES string of the molecule is CC(C)(C)c1ccc(C(=O)NN=C2C3CN4CCN(C3)CC2(Cc2ccccc2)C4)cc1. The molecule has 0 radical (unpaired) electrons. The van der Waals surface area contributed by atoms with E-state index in [1.54, 1.807) is 0 Å². The minimum Gasteiger partial charge on any atom is -0.300 e. The molecule has 0 spiro atoms. The lowest BCUT2D eigenvalue weighted by Crippen LogP contribution is -2.62. The van der Waals surface area contributed by atoms with Crippen molar-refractivity contribution in [3.05, 3.63) is 71.3 Å². The van der Waals surface area contributed by atoms with E-state index in [4.69, 9.17) is 5.10 Å². The number of piperidine rings is 2. The molecule has 4 saturated heterocycles. The van der Waals surface area contributed by atoms with Gasteiger partial charge in [0.1, 0.15) is 0 Å². The number of hydrogen-bond donors (Lipinski definition) is 1. The number of benzene rings is 2. The summed E-state index contributed by atoms with van der Waals surface area (Å²) in [5.41, 5.74) is 7.38. The number of nitrogens with zero attached hydrogens (tertiary/aromatic N) is 3. The average molecular weight is 431 g/mol. The van der Waals surface area contributed by atoms with E-state index in [2.05, 4.69) is 66.3 Å². The molecule has 5 heteroatoms. The van der Waals surface area contributed by atoms with Gasteiger partial charge >= 0.3 is 0 Å². The molecule has 0 aliphatic carbocycles. The summed E-state index contributed by atoms with van der Waals surface area (Å²) in [7, 11) is 0. The van der Waals surface area contributed by atoms with E-state index in [1.165, 1.54) is 16.8 Å². The van der Waals surface area contributed by atoms with Crippen molar-refractivity contribution >= 4 is 11.6 Å². The number of amides is 1. The maximum atomic E-state index is 12.9. The maximum Gasteiger partial charge on any atom is 0.271 e. The summed E-state index contributed by atoms with van der Waals surface area (Å²) in [6.07, 6.45) is 0.965. The molecule has 6 rings (SSSR count). The monoisotopic (exact) mass is 430 g/mol. The Morgan fingerprint density at radius 3 is 2.22 bits per heavy atom. The fraction of sp³-hybridized carbons (Fsp3) is 0.481. The highest BCUT2D eigenvalue weighted by Crippen LogP contribution is 2.41. The second-order valence-corrected chi connectivity index (χ2v) is 10.9. The first-order chi connectivity index (χ1) is 15.3. The number of carbonyl (C=O) groups is 1. The highest BCUT2D eigenvalue weighted by Gasteiger charge is 2.52. The Hall–Kier alpha value is -2.50. The van der Waals surface area contributed by atoms with E-state index in [-0.39, 0.29) is 16.7 Å². The molecule has 5 nitrogen and oxygen atoms in total. The highest BCUT2D eigenvalue weighted by atomic mass is 16.2. The van der Waals surface area contributed by atoms with Crippen LogP contribution in [0, 0.1) is 11.3 Å². The lowest BCUT2D eigenvalue weighted by atomic mass is 9.67. The van der Waals surface area contributed by atoms with Crippen molar-refractivity contribution in [3.63, 3.8) is 0 Å². The maximum absolute atomic E-state index is 12.9. The van der Waals surface area contributed by atoms with Gasteiger partial charge in [0.15, 0.2) is 0 Å². The molecule has 2 atom stereocenters. The van der Waals surface area contributed by atoms with Crippen LogP contribution in [-0.4, -0.2) is 60.7 Å². The summed E-state index contributed by atoms with van der Waals surface area (Å²) in [6.45, 7) is 12.9. The van der Waals surface area contributed by atoms with Gasteiger partial charge in [-0.25, -0.2) is 5.43 Å². The normalized spacial score (nSPS) is 30.3. The van der Waals surface area contributed by atoms with Crippen LogP contribution in [0.4, 0.5) is 0 Å². The second kappa shape index (κ2) is 8.13. The van der Waals surface area contributed by atoms with Gasteiger partial charge < -0.3 is 9.80 Å². The highest BCUT2D eigenvalue weighted by molar-refractivity contribution is 5.98. The lowest BCUT2D eigenvalue weighted by molar-refractivity contribution is 0.0945. The van der Waals surface area contributed by atoms with Crippen molar-refractivity contribution in [1.29, 1.82) is 0 Å². The molecule has 2 aromatic carbocycles. The summed E-state index contributed by atoms with van der Waals surface area (Å²) in [5.74, 6) is 0.257. The van der Waals surface area contributed by atoms with Crippen LogP contribution in [0.25, 0.3) is 0 Å². The summed E-state index contributed by atoms with van der Waals surface area (Å²) in [6, 6.07) is 18.7. The zero-order valence-corrected chi connectivity index (χ0v) is 19.5. The molecule has 32 heavy (non-hydrogen) atoms. The van der Waals surface area contributed by atoms with Gasteiger partial charge in [-0.05, 0) is 35.1 Å². The number of fused-ring (bicyclic) bond motifs is 1. The standard InChI is InChI=1S/C27H34N4O/c1-26(2,3)23-11-9-21(10-12-23)25(32)29-28-24-22-16-30-13-14-31(17-22)19-27(24,18-30)15-20-7-5-4-6-8-20/h4-12,22H,13-19H2,1-3H3,(H,29,32). The van der Waals surface area contributed by atoms with Crippen LogP contribution in [-0.2, 0) is 11.8 Å². The molecule has 4 aliphatic heterocycles. The van der Waals surface area contributed by atoms with Gasteiger partial charge in [-0.3, -0.25) is 4.79 Å². The number of carbonyl (C=O) groups excluding carboxylic acids is 1. The Labute approximate surface area is 191 Å². The van der Waals surface area contributed by atoms with Gasteiger partial charge in [-0.1, -0.05) is 63.2 Å². The second-order valence-electron chi connectivity index (χ2n) is 10.9. The van der Waals surface area contributed by atoms with Crippen molar-refractivity contribution in [3.8, 4) is 0 Å². The van der Waals surface area contributed by atoms with Gasteiger partial charge in [-0.15, -0.1) is 0 Å². The molecule has 4 bridgehead atoms. The molecule has 4 aliphatic rings. The van der Waals surface area contributed by atoms with Crippen LogP contribution in [0.5, 0.6) is 0 Å². The molecule has 2 unspecified atom stereocenters. The molecule has 0 saturated carbocycles. The quantitative estimate of drug-likeness (QED) is 0.755. The Balaban J connectivity index is 1.41. The minimum atomic E-state index is -0.125. The first-order valence-electron chi connectivity index (χ1n) is 11.8. The fourth-order valence-corrected chi connectivity index (χ4v) is 5.80. The Kier molecular flexibility index (Phi) is 5.42. The van der Waals surface area contributed by atoms with Gasteiger partial charge in [0.05, 0.1) is 5.71 Å². The summed E-state index contributed by atoms with van der Waals surface area (Å²) in [4.78, 5) is 18.1. The van der Waals surface area contributed by atoms with E-state index < -0.39 is 0 Å². The Morgan fingerprint density at radius 1 is 1.00 bits per heavy atom. The average Bonchev–Trinajstić information content (AvgIpc) is 3.00. The van der Waals surface area contributed by atoms with E-state index >= 15 is 0 Å². The van der Waals surface area contributed by atoms with Crippen molar-refractivity contribution in [2.45, 2.75) is 32.6 Å². The summed E-state index contributed by atoms with van der Waals surface area (Å²) in [5, 5.41) is 4.84. The third-order valence-electron chi connectivity index (χ3n) is 7.35. The van der Waals surface area contributed by atoms with Crippen molar-refractivity contribution in [2.75, 3.05) is 39.3 Å². The fourth-order valence-electron chi connectivity index (χ4n) is 5.80. The van der Waals surface area contributed by atoms with Crippen molar-refractivity contribution in [2.24, 2.45) is 16.4 Å². The largest absolute Gasteiger partial charge is 0.300 e. The smallest absolute Gasteiger partial charge is 0.271 e. The lowest BCUT2D eigenvalue weighted by Gasteiger charge is -2.50.